The maximum atomic E-state index is 11.4. The van der Waals surface area contributed by atoms with Crippen molar-refractivity contribution >= 4 is 23.4 Å². The Labute approximate surface area is 130 Å². The summed E-state index contributed by atoms with van der Waals surface area (Å²) in [6.45, 7) is 3.18. The van der Waals surface area contributed by atoms with Gasteiger partial charge in [0, 0.05) is 17.8 Å². The van der Waals surface area contributed by atoms with Gasteiger partial charge in [-0.3, -0.25) is 4.79 Å². The first kappa shape index (κ1) is 14.7. The summed E-state index contributed by atoms with van der Waals surface area (Å²) in [6, 6.07) is 6.63. The maximum Gasteiger partial charge on any atom is 0.262 e. The third-order valence-corrected chi connectivity index (χ3v) is 5.40. The molecule has 1 saturated carbocycles. The van der Waals surface area contributed by atoms with E-state index in [1.807, 2.05) is 12.1 Å². The summed E-state index contributed by atoms with van der Waals surface area (Å²) in [5.74, 6) is 1.87. The molecule has 2 unspecified atom stereocenters. The quantitative estimate of drug-likeness (QED) is 0.878. The van der Waals surface area contributed by atoms with E-state index in [1.165, 1.54) is 30.6 Å². The zero-order valence-corrected chi connectivity index (χ0v) is 13.2. The number of benzene rings is 1. The van der Waals surface area contributed by atoms with E-state index in [1.54, 1.807) is 0 Å². The highest BCUT2D eigenvalue weighted by molar-refractivity contribution is 7.99. The van der Waals surface area contributed by atoms with E-state index >= 15 is 0 Å². The van der Waals surface area contributed by atoms with Gasteiger partial charge < -0.3 is 15.4 Å². The molecule has 5 heteroatoms. The lowest BCUT2D eigenvalue weighted by Gasteiger charge is -2.21. The van der Waals surface area contributed by atoms with Crippen LogP contribution in [0.5, 0.6) is 5.75 Å². The molecule has 21 heavy (non-hydrogen) atoms. The lowest BCUT2D eigenvalue weighted by Crippen LogP contribution is -2.33. The van der Waals surface area contributed by atoms with E-state index in [9.17, 15) is 4.79 Å². The number of hydrogen-bond acceptors (Lipinski definition) is 4. The number of nitrogens with one attached hydrogen (secondary N) is 2. The summed E-state index contributed by atoms with van der Waals surface area (Å²) in [4.78, 5) is 11.4. The van der Waals surface area contributed by atoms with Crippen LogP contribution in [0, 0.1) is 0 Å². The van der Waals surface area contributed by atoms with Crippen molar-refractivity contribution < 1.29 is 9.53 Å². The first-order valence-electron chi connectivity index (χ1n) is 7.67. The molecule has 4 nitrogen and oxygen atoms in total. The molecule has 1 aliphatic carbocycles. The number of carbonyl (C=O) groups excluding carboxylic acids is 1. The van der Waals surface area contributed by atoms with Crippen molar-refractivity contribution in [2.75, 3.05) is 17.7 Å². The van der Waals surface area contributed by atoms with Crippen LogP contribution in [0.3, 0.4) is 0 Å². The van der Waals surface area contributed by atoms with Gasteiger partial charge in [0.05, 0.1) is 5.69 Å². The molecule has 1 fully saturated rings. The summed E-state index contributed by atoms with van der Waals surface area (Å²) >= 11 is 2.07. The van der Waals surface area contributed by atoms with Gasteiger partial charge in [0.15, 0.2) is 6.61 Å². The van der Waals surface area contributed by atoms with Crippen molar-refractivity contribution in [2.45, 2.75) is 44.0 Å². The molecule has 0 radical (unpaired) electrons. The Kier molecular flexibility index (Phi) is 4.70. The van der Waals surface area contributed by atoms with E-state index in [0.717, 1.165) is 23.2 Å². The zero-order chi connectivity index (χ0) is 14.7. The monoisotopic (exact) mass is 306 g/mol. The number of anilines is 1. The molecule has 1 aromatic carbocycles. The first-order chi connectivity index (χ1) is 10.3. The van der Waals surface area contributed by atoms with Crippen LogP contribution in [0.2, 0.25) is 0 Å². The number of thioether (sulfide) groups is 1. The molecule has 0 bridgehead atoms. The predicted octanol–water partition coefficient (Wildman–Crippen LogP) is 2.78. The molecule has 1 aliphatic heterocycles. The molecular formula is C16H22N2O2S. The average molecular weight is 306 g/mol. The molecule has 114 valence electrons. The number of fused-ring (bicyclic) bond motifs is 1. The van der Waals surface area contributed by atoms with Gasteiger partial charge in [-0.1, -0.05) is 19.4 Å². The fourth-order valence-corrected chi connectivity index (χ4v) is 4.29. The molecule has 0 aromatic heterocycles. The van der Waals surface area contributed by atoms with Gasteiger partial charge in [-0.25, -0.2) is 0 Å². The van der Waals surface area contributed by atoms with Gasteiger partial charge in [0.1, 0.15) is 5.75 Å². The fourth-order valence-electron chi connectivity index (χ4n) is 3.06. The van der Waals surface area contributed by atoms with Crippen LogP contribution >= 0.6 is 11.8 Å². The normalized spacial score (nSPS) is 24.3. The van der Waals surface area contributed by atoms with Crippen molar-refractivity contribution in [1.82, 2.24) is 5.32 Å². The standard InChI is InChI=1S/C16H22N2O2S/c1-2-21-15-5-3-4-12(15)17-9-11-6-7-14-13(8-11)18-16(19)10-20-14/h6-8,12,15,17H,2-5,9-10H2,1H3,(H,18,19). The molecule has 0 saturated heterocycles. The second-order valence-corrected chi connectivity index (χ2v) is 7.10. The molecule has 1 amide bonds. The van der Waals surface area contributed by atoms with Crippen molar-refractivity contribution in [1.29, 1.82) is 0 Å². The number of rotatable bonds is 5. The van der Waals surface area contributed by atoms with Gasteiger partial charge >= 0.3 is 0 Å². The predicted molar refractivity (Wildman–Crippen MR) is 87.0 cm³/mol. The Morgan fingerprint density at radius 2 is 2.33 bits per heavy atom. The Morgan fingerprint density at radius 1 is 1.43 bits per heavy atom. The zero-order valence-electron chi connectivity index (χ0n) is 12.4. The minimum Gasteiger partial charge on any atom is -0.482 e. The van der Waals surface area contributed by atoms with Crippen LogP contribution in [0.1, 0.15) is 31.7 Å². The van der Waals surface area contributed by atoms with Crippen molar-refractivity contribution in [3.8, 4) is 5.75 Å². The van der Waals surface area contributed by atoms with E-state index in [4.69, 9.17) is 4.74 Å². The minimum absolute atomic E-state index is 0.0807. The van der Waals surface area contributed by atoms with Crippen LogP contribution < -0.4 is 15.4 Å². The molecular weight excluding hydrogens is 284 g/mol. The Balaban J connectivity index is 1.60. The molecule has 3 rings (SSSR count). The van der Waals surface area contributed by atoms with Gasteiger partial charge in [-0.2, -0.15) is 11.8 Å². The average Bonchev–Trinajstić information content (AvgIpc) is 2.92. The van der Waals surface area contributed by atoms with Gasteiger partial charge in [0.2, 0.25) is 0 Å². The highest BCUT2D eigenvalue weighted by Gasteiger charge is 2.26. The van der Waals surface area contributed by atoms with Crippen LogP contribution in [0.25, 0.3) is 0 Å². The summed E-state index contributed by atoms with van der Waals surface area (Å²) in [5, 5.41) is 7.28. The first-order valence-corrected chi connectivity index (χ1v) is 8.71. The largest absolute Gasteiger partial charge is 0.482 e. The lowest BCUT2D eigenvalue weighted by atomic mass is 10.1. The summed E-state index contributed by atoms with van der Waals surface area (Å²) in [6.07, 6.45) is 3.91. The van der Waals surface area contributed by atoms with E-state index in [0.29, 0.717) is 6.04 Å². The van der Waals surface area contributed by atoms with Crippen molar-refractivity contribution in [3.63, 3.8) is 0 Å². The number of carbonyl (C=O) groups is 1. The second kappa shape index (κ2) is 6.71. The second-order valence-electron chi connectivity index (χ2n) is 5.58. The number of amides is 1. The Hall–Kier alpha value is -1.20. The molecule has 2 atom stereocenters. The third-order valence-electron chi connectivity index (χ3n) is 4.08. The molecule has 1 heterocycles. The lowest BCUT2D eigenvalue weighted by molar-refractivity contribution is -0.118. The maximum absolute atomic E-state index is 11.4. The van der Waals surface area contributed by atoms with E-state index < -0.39 is 0 Å². The van der Waals surface area contributed by atoms with Crippen LogP contribution in [0.4, 0.5) is 5.69 Å². The van der Waals surface area contributed by atoms with Gasteiger partial charge in [0.25, 0.3) is 5.91 Å². The van der Waals surface area contributed by atoms with Crippen molar-refractivity contribution in [2.24, 2.45) is 0 Å². The summed E-state index contributed by atoms with van der Waals surface area (Å²) in [5.41, 5.74) is 1.98. The highest BCUT2D eigenvalue weighted by atomic mass is 32.2. The third kappa shape index (κ3) is 3.52. The topological polar surface area (TPSA) is 50.4 Å². The summed E-state index contributed by atoms with van der Waals surface area (Å²) < 4.78 is 5.38. The summed E-state index contributed by atoms with van der Waals surface area (Å²) in [7, 11) is 0. The van der Waals surface area contributed by atoms with Crippen LogP contribution in [-0.4, -0.2) is 29.6 Å². The van der Waals surface area contributed by atoms with Crippen LogP contribution in [-0.2, 0) is 11.3 Å². The Morgan fingerprint density at radius 3 is 3.19 bits per heavy atom. The van der Waals surface area contributed by atoms with Gasteiger partial charge in [-0.05, 0) is 36.3 Å². The molecule has 0 spiro atoms. The van der Waals surface area contributed by atoms with Crippen LogP contribution in [0.15, 0.2) is 18.2 Å². The van der Waals surface area contributed by atoms with Gasteiger partial charge in [-0.15, -0.1) is 0 Å². The highest BCUT2D eigenvalue weighted by Crippen LogP contribution is 2.31. The smallest absolute Gasteiger partial charge is 0.262 e. The molecule has 2 aliphatic rings. The SMILES string of the molecule is CCSC1CCCC1NCc1ccc2c(c1)NC(=O)CO2. The Bertz CT molecular complexity index is 521. The molecule has 2 N–H and O–H groups in total. The van der Waals surface area contributed by atoms with Crippen molar-refractivity contribution in [3.05, 3.63) is 23.8 Å². The van der Waals surface area contributed by atoms with E-state index in [2.05, 4.69) is 35.4 Å². The minimum atomic E-state index is -0.0807. The number of hydrogen-bond donors (Lipinski definition) is 2. The molecule has 1 aromatic rings. The fraction of sp³-hybridized carbons (Fsp3) is 0.562. The van der Waals surface area contributed by atoms with E-state index in [-0.39, 0.29) is 12.5 Å². The number of ether oxygens (including phenoxy) is 1.